The topological polar surface area (TPSA) is 63.6 Å². The van der Waals surface area contributed by atoms with E-state index in [0.29, 0.717) is 12.8 Å². The van der Waals surface area contributed by atoms with Gasteiger partial charge in [0.1, 0.15) is 0 Å². The summed E-state index contributed by atoms with van der Waals surface area (Å²) in [6.07, 6.45) is 0.984. The molecular formula is C13H16O4. The van der Waals surface area contributed by atoms with Crippen LogP contribution in [0.2, 0.25) is 0 Å². The average Bonchev–Trinajstić information content (AvgIpc) is 2.28. The van der Waals surface area contributed by atoms with Crippen LogP contribution >= 0.6 is 0 Å². The van der Waals surface area contributed by atoms with Crippen LogP contribution in [0.5, 0.6) is 0 Å². The van der Waals surface area contributed by atoms with Crippen LogP contribution in [-0.4, -0.2) is 24.2 Å². The molecule has 4 nitrogen and oxygen atoms in total. The van der Waals surface area contributed by atoms with Gasteiger partial charge in [-0.1, -0.05) is 18.2 Å². The molecule has 0 amide bonds. The van der Waals surface area contributed by atoms with Gasteiger partial charge >= 0.3 is 11.9 Å². The number of carboxylic acids is 1. The highest BCUT2D eigenvalue weighted by Gasteiger charge is 2.06. The number of hydrogen-bond donors (Lipinski definition) is 1. The van der Waals surface area contributed by atoms with Gasteiger partial charge in [0.15, 0.2) is 0 Å². The number of carbonyl (C=O) groups is 2. The summed E-state index contributed by atoms with van der Waals surface area (Å²) in [4.78, 5) is 21.6. The van der Waals surface area contributed by atoms with E-state index >= 15 is 0 Å². The molecule has 0 radical (unpaired) electrons. The van der Waals surface area contributed by atoms with E-state index in [0.717, 1.165) is 16.7 Å². The van der Waals surface area contributed by atoms with Gasteiger partial charge in [0.05, 0.1) is 13.5 Å². The van der Waals surface area contributed by atoms with Crippen LogP contribution in [0.25, 0.3) is 0 Å². The molecule has 1 N–H and O–H groups in total. The Hall–Kier alpha value is -1.84. The van der Waals surface area contributed by atoms with Gasteiger partial charge in [-0.25, -0.2) is 0 Å². The molecule has 0 aliphatic heterocycles. The average molecular weight is 236 g/mol. The number of hydrogen-bond acceptors (Lipinski definition) is 3. The molecule has 17 heavy (non-hydrogen) atoms. The fourth-order valence-corrected chi connectivity index (χ4v) is 1.62. The summed E-state index contributed by atoms with van der Waals surface area (Å²) in [6, 6.07) is 5.57. The molecule has 0 aliphatic rings. The van der Waals surface area contributed by atoms with Crippen LogP contribution in [0.15, 0.2) is 18.2 Å². The molecule has 0 aromatic heterocycles. The van der Waals surface area contributed by atoms with Gasteiger partial charge in [0.25, 0.3) is 0 Å². The van der Waals surface area contributed by atoms with Crippen molar-refractivity contribution in [2.45, 2.75) is 26.2 Å². The second kappa shape index (κ2) is 6.03. The SMILES string of the molecule is COC(=O)CCc1ccc(CC(=O)O)c(C)c1. The Morgan fingerprint density at radius 1 is 1.35 bits per heavy atom. The first kappa shape index (κ1) is 13.2. The Morgan fingerprint density at radius 3 is 2.59 bits per heavy atom. The number of methoxy groups -OCH3 is 1. The number of aryl methyl sites for hydroxylation is 2. The summed E-state index contributed by atoms with van der Waals surface area (Å²) < 4.78 is 4.56. The third-order valence-electron chi connectivity index (χ3n) is 2.59. The van der Waals surface area contributed by atoms with E-state index < -0.39 is 5.97 Å². The second-order valence-electron chi connectivity index (χ2n) is 3.91. The van der Waals surface area contributed by atoms with Gasteiger partial charge < -0.3 is 9.84 Å². The molecule has 1 rings (SSSR count). The van der Waals surface area contributed by atoms with E-state index in [1.165, 1.54) is 7.11 Å². The van der Waals surface area contributed by atoms with E-state index in [-0.39, 0.29) is 12.4 Å². The van der Waals surface area contributed by atoms with Crippen molar-refractivity contribution < 1.29 is 19.4 Å². The number of aliphatic carboxylic acids is 1. The highest BCUT2D eigenvalue weighted by Crippen LogP contribution is 2.13. The summed E-state index contributed by atoms with van der Waals surface area (Å²) in [5.74, 6) is -1.08. The van der Waals surface area contributed by atoms with Crippen molar-refractivity contribution in [1.29, 1.82) is 0 Å². The van der Waals surface area contributed by atoms with Gasteiger partial charge in [-0.15, -0.1) is 0 Å². The lowest BCUT2D eigenvalue weighted by Gasteiger charge is -2.06. The lowest BCUT2D eigenvalue weighted by atomic mass is 10.0. The third kappa shape index (κ3) is 4.26. The molecule has 0 aliphatic carbocycles. The summed E-state index contributed by atoms with van der Waals surface area (Å²) >= 11 is 0. The molecule has 1 aromatic rings. The molecule has 4 heteroatoms. The minimum absolute atomic E-state index is 0.0309. The first-order valence-electron chi connectivity index (χ1n) is 5.40. The zero-order valence-electron chi connectivity index (χ0n) is 10.0. The maximum atomic E-state index is 11.0. The molecule has 1 aromatic carbocycles. The van der Waals surface area contributed by atoms with Gasteiger partial charge in [-0.05, 0) is 30.0 Å². The van der Waals surface area contributed by atoms with Crippen LogP contribution in [0, 0.1) is 6.92 Å². The van der Waals surface area contributed by atoms with E-state index in [1.807, 2.05) is 19.1 Å². The molecule has 0 bridgehead atoms. The van der Waals surface area contributed by atoms with E-state index in [4.69, 9.17) is 5.11 Å². The van der Waals surface area contributed by atoms with Gasteiger partial charge in [0.2, 0.25) is 0 Å². The van der Waals surface area contributed by atoms with Gasteiger partial charge in [-0.2, -0.15) is 0 Å². The molecule has 0 unspecified atom stereocenters. The normalized spacial score (nSPS) is 10.0. The molecule has 0 saturated heterocycles. The fraction of sp³-hybridized carbons (Fsp3) is 0.385. The number of ether oxygens (including phenoxy) is 1. The van der Waals surface area contributed by atoms with Crippen molar-refractivity contribution >= 4 is 11.9 Å². The maximum Gasteiger partial charge on any atom is 0.307 e. The zero-order chi connectivity index (χ0) is 12.8. The van der Waals surface area contributed by atoms with Crippen LogP contribution in [0.1, 0.15) is 23.1 Å². The molecule has 92 valence electrons. The van der Waals surface area contributed by atoms with E-state index in [1.54, 1.807) is 6.07 Å². The van der Waals surface area contributed by atoms with Crippen LogP contribution < -0.4 is 0 Å². The fourth-order valence-electron chi connectivity index (χ4n) is 1.62. The first-order chi connectivity index (χ1) is 8.02. The predicted molar refractivity (Wildman–Crippen MR) is 62.9 cm³/mol. The summed E-state index contributed by atoms with van der Waals surface area (Å²) in [5, 5.41) is 8.71. The lowest BCUT2D eigenvalue weighted by Crippen LogP contribution is -2.04. The van der Waals surface area contributed by atoms with Crippen LogP contribution in [-0.2, 0) is 27.2 Å². The van der Waals surface area contributed by atoms with Crippen molar-refractivity contribution in [3.8, 4) is 0 Å². The predicted octanol–water partition coefficient (Wildman–Crippen LogP) is 1.73. The Morgan fingerprint density at radius 2 is 2.06 bits per heavy atom. The number of carbonyl (C=O) groups excluding carboxylic acids is 1. The monoisotopic (exact) mass is 236 g/mol. The van der Waals surface area contributed by atoms with E-state index in [2.05, 4.69) is 4.74 Å². The minimum atomic E-state index is -0.838. The molecule has 0 atom stereocenters. The minimum Gasteiger partial charge on any atom is -0.481 e. The molecule has 0 fully saturated rings. The number of esters is 1. The largest absolute Gasteiger partial charge is 0.481 e. The smallest absolute Gasteiger partial charge is 0.307 e. The van der Waals surface area contributed by atoms with Crippen molar-refractivity contribution in [2.24, 2.45) is 0 Å². The Bertz CT molecular complexity index is 423. The second-order valence-corrected chi connectivity index (χ2v) is 3.91. The third-order valence-corrected chi connectivity index (χ3v) is 2.59. The number of rotatable bonds is 5. The van der Waals surface area contributed by atoms with Gasteiger partial charge in [0, 0.05) is 6.42 Å². The molecule has 0 spiro atoms. The van der Waals surface area contributed by atoms with Gasteiger partial charge in [-0.3, -0.25) is 9.59 Å². The van der Waals surface area contributed by atoms with Crippen molar-refractivity contribution in [3.05, 3.63) is 34.9 Å². The maximum absolute atomic E-state index is 11.0. The highest BCUT2D eigenvalue weighted by atomic mass is 16.5. The highest BCUT2D eigenvalue weighted by molar-refractivity contribution is 5.71. The summed E-state index contributed by atoms with van der Waals surface area (Å²) in [6.45, 7) is 1.87. The molecule has 0 saturated carbocycles. The van der Waals surface area contributed by atoms with E-state index in [9.17, 15) is 9.59 Å². The number of carboxylic acid groups (broad SMARTS) is 1. The number of benzene rings is 1. The zero-order valence-corrected chi connectivity index (χ0v) is 10.0. The first-order valence-corrected chi connectivity index (χ1v) is 5.40. The van der Waals surface area contributed by atoms with Crippen molar-refractivity contribution in [1.82, 2.24) is 0 Å². The van der Waals surface area contributed by atoms with Crippen LogP contribution in [0.3, 0.4) is 0 Å². The Labute approximate surface area is 100 Å². The van der Waals surface area contributed by atoms with Crippen LogP contribution in [0.4, 0.5) is 0 Å². The standard InChI is InChI=1S/C13H16O4/c1-9-7-10(4-6-13(16)17-2)3-5-11(9)8-12(14)15/h3,5,7H,4,6,8H2,1-2H3,(H,14,15). The Kier molecular flexibility index (Phi) is 4.69. The van der Waals surface area contributed by atoms with Crippen molar-refractivity contribution in [3.63, 3.8) is 0 Å². The van der Waals surface area contributed by atoms with Crippen molar-refractivity contribution in [2.75, 3.05) is 7.11 Å². The quantitative estimate of drug-likeness (QED) is 0.791. The lowest BCUT2D eigenvalue weighted by molar-refractivity contribution is -0.140. The Balaban J connectivity index is 2.68. The summed E-state index contributed by atoms with van der Waals surface area (Å²) in [7, 11) is 1.36. The molecule has 0 heterocycles. The summed E-state index contributed by atoms with van der Waals surface area (Å²) in [5.41, 5.74) is 2.76. The molecular weight excluding hydrogens is 220 g/mol.